The van der Waals surface area contributed by atoms with Crippen LogP contribution >= 0.6 is 0 Å². The summed E-state index contributed by atoms with van der Waals surface area (Å²) in [4.78, 5) is 0.249. The predicted octanol–water partition coefficient (Wildman–Crippen LogP) is 2.15. The van der Waals surface area contributed by atoms with Crippen LogP contribution in [0.4, 0.5) is 0 Å². The minimum atomic E-state index is -3.44. The van der Waals surface area contributed by atoms with Crippen LogP contribution in [0.25, 0.3) is 0 Å². The van der Waals surface area contributed by atoms with Crippen LogP contribution in [-0.4, -0.2) is 20.6 Å². The van der Waals surface area contributed by atoms with Crippen molar-refractivity contribution in [2.24, 2.45) is 0 Å². The van der Waals surface area contributed by atoms with Gasteiger partial charge < -0.3 is 10.4 Å². The summed E-state index contributed by atoms with van der Waals surface area (Å²) >= 11 is 0. The average Bonchev–Trinajstić information content (AvgIpc) is 2.53. The van der Waals surface area contributed by atoms with Crippen molar-refractivity contribution in [3.63, 3.8) is 0 Å². The average molecular weight is 320 g/mol. The van der Waals surface area contributed by atoms with E-state index in [2.05, 4.69) is 10.0 Å². The van der Waals surface area contributed by atoms with E-state index in [1.165, 1.54) is 7.05 Å². The smallest absolute Gasteiger partial charge is 0.240 e. The molecule has 0 bridgehead atoms. The highest BCUT2D eigenvalue weighted by molar-refractivity contribution is 7.89. The molecule has 0 aliphatic heterocycles. The Balaban J connectivity index is 2.10. The topological polar surface area (TPSA) is 78.4 Å². The summed E-state index contributed by atoms with van der Waals surface area (Å²) in [6.07, 6.45) is 0. The van der Waals surface area contributed by atoms with Crippen molar-refractivity contribution in [2.45, 2.75) is 24.4 Å². The molecule has 0 aliphatic carbocycles. The molecule has 0 saturated heterocycles. The number of phenols is 1. The molecule has 2 aromatic rings. The van der Waals surface area contributed by atoms with Crippen molar-refractivity contribution in [3.8, 4) is 5.75 Å². The number of nitrogens with one attached hydrogen (secondary N) is 2. The van der Waals surface area contributed by atoms with Gasteiger partial charge in [-0.1, -0.05) is 24.3 Å². The van der Waals surface area contributed by atoms with Crippen molar-refractivity contribution in [3.05, 3.63) is 59.7 Å². The van der Waals surface area contributed by atoms with Gasteiger partial charge in [0, 0.05) is 12.6 Å². The number of aromatic hydroxyl groups is 1. The van der Waals surface area contributed by atoms with Crippen LogP contribution in [0.3, 0.4) is 0 Å². The molecule has 0 fully saturated rings. The Morgan fingerprint density at radius 1 is 1.14 bits per heavy atom. The number of hydrogen-bond acceptors (Lipinski definition) is 4. The first-order valence-electron chi connectivity index (χ1n) is 6.97. The maximum atomic E-state index is 11.8. The van der Waals surface area contributed by atoms with E-state index in [0.717, 1.165) is 11.1 Å². The van der Waals surface area contributed by atoms with E-state index in [1.54, 1.807) is 36.4 Å². The molecule has 0 aliphatic rings. The molecule has 3 N–H and O–H groups in total. The van der Waals surface area contributed by atoms with Crippen LogP contribution in [0.2, 0.25) is 0 Å². The van der Waals surface area contributed by atoms with Gasteiger partial charge >= 0.3 is 0 Å². The molecule has 0 saturated carbocycles. The quantitative estimate of drug-likeness (QED) is 0.762. The molecule has 1 atom stereocenters. The first-order valence-corrected chi connectivity index (χ1v) is 8.45. The Labute approximate surface area is 131 Å². The third-order valence-electron chi connectivity index (χ3n) is 3.46. The second kappa shape index (κ2) is 6.91. The summed E-state index contributed by atoms with van der Waals surface area (Å²) in [5.74, 6) is 0.231. The Bertz CT molecular complexity index is 745. The number of sulfonamides is 1. The fraction of sp³-hybridized carbons (Fsp3) is 0.250. The fourth-order valence-corrected chi connectivity index (χ4v) is 2.91. The molecule has 5 nitrogen and oxygen atoms in total. The largest absolute Gasteiger partial charge is 0.508 e. The number of hydrogen-bond donors (Lipinski definition) is 3. The van der Waals surface area contributed by atoms with E-state index in [0.29, 0.717) is 6.54 Å². The summed E-state index contributed by atoms with van der Waals surface area (Å²) in [7, 11) is -2.04. The van der Waals surface area contributed by atoms with Gasteiger partial charge in [-0.25, -0.2) is 13.1 Å². The van der Waals surface area contributed by atoms with Crippen LogP contribution in [-0.2, 0) is 16.6 Å². The van der Waals surface area contributed by atoms with Gasteiger partial charge in [-0.05, 0) is 49.4 Å². The van der Waals surface area contributed by atoms with Crippen LogP contribution in [0.5, 0.6) is 5.75 Å². The molecule has 118 valence electrons. The number of rotatable bonds is 6. The fourth-order valence-electron chi connectivity index (χ4n) is 2.12. The van der Waals surface area contributed by atoms with Gasteiger partial charge in [-0.3, -0.25) is 0 Å². The molecule has 0 amide bonds. The molecule has 6 heteroatoms. The Morgan fingerprint density at radius 3 is 2.55 bits per heavy atom. The normalized spacial score (nSPS) is 13.0. The standard InChI is InChI=1S/C16H20N2O3S/c1-12(18-11-13-5-3-7-15(19)9-13)14-6-4-8-16(10-14)22(20,21)17-2/h3-10,12,17-19H,11H2,1-2H3/t12-/m1/s1. The number of phenolic OH excluding ortho intramolecular Hbond substituents is 1. The zero-order valence-corrected chi connectivity index (χ0v) is 13.4. The van der Waals surface area contributed by atoms with E-state index in [-0.39, 0.29) is 16.7 Å². The van der Waals surface area contributed by atoms with E-state index in [4.69, 9.17) is 0 Å². The SMILES string of the molecule is CNS(=O)(=O)c1cccc([C@@H](C)NCc2cccc(O)c2)c1. The van der Waals surface area contributed by atoms with Gasteiger partial charge in [0.15, 0.2) is 0 Å². The zero-order chi connectivity index (χ0) is 16.2. The van der Waals surface area contributed by atoms with Gasteiger partial charge in [-0.15, -0.1) is 0 Å². The van der Waals surface area contributed by atoms with Gasteiger partial charge in [0.2, 0.25) is 10.0 Å². The lowest BCUT2D eigenvalue weighted by Crippen LogP contribution is -2.21. The number of benzene rings is 2. The lowest BCUT2D eigenvalue weighted by Gasteiger charge is -2.15. The van der Waals surface area contributed by atoms with E-state index < -0.39 is 10.0 Å². The van der Waals surface area contributed by atoms with Crippen LogP contribution < -0.4 is 10.0 Å². The highest BCUT2D eigenvalue weighted by Gasteiger charge is 2.13. The highest BCUT2D eigenvalue weighted by atomic mass is 32.2. The predicted molar refractivity (Wildman–Crippen MR) is 86.0 cm³/mol. The lowest BCUT2D eigenvalue weighted by atomic mass is 10.1. The first kappa shape index (κ1) is 16.5. The second-order valence-corrected chi connectivity index (χ2v) is 6.94. The minimum absolute atomic E-state index is 0.0191. The summed E-state index contributed by atoms with van der Waals surface area (Å²) in [5.41, 5.74) is 1.85. The molecular weight excluding hydrogens is 300 g/mol. The molecule has 0 spiro atoms. The summed E-state index contributed by atoms with van der Waals surface area (Å²) < 4.78 is 26.0. The molecular formula is C16H20N2O3S. The van der Waals surface area contributed by atoms with Crippen LogP contribution in [0, 0.1) is 0 Å². The molecule has 2 rings (SSSR count). The first-order chi connectivity index (χ1) is 10.4. The monoisotopic (exact) mass is 320 g/mol. The maximum absolute atomic E-state index is 11.8. The summed E-state index contributed by atoms with van der Waals surface area (Å²) in [5, 5.41) is 12.8. The highest BCUT2D eigenvalue weighted by Crippen LogP contribution is 2.18. The zero-order valence-electron chi connectivity index (χ0n) is 12.6. The van der Waals surface area contributed by atoms with Crippen molar-refractivity contribution in [1.82, 2.24) is 10.0 Å². The van der Waals surface area contributed by atoms with Crippen molar-refractivity contribution in [2.75, 3.05) is 7.05 Å². The lowest BCUT2D eigenvalue weighted by molar-refractivity contribution is 0.473. The van der Waals surface area contributed by atoms with Gasteiger partial charge in [0.1, 0.15) is 5.75 Å². The molecule has 2 aromatic carbocycles. The summed E-state index contributed by atoms with van der Waals surface area (Å²) in [6, 6.07) is 13.8. The van der Waals surface area contributed by atoms with E-state index in [9.17, 15) is 13.5 Å². The molecule has 0 radical (unpaired) electrons. The Kier molecular flexibility index (Phi) is 5.18. The second-order valence-electron chi connectivity index (χ2n) is 5.05. The minimum Gasteiger partial charge on any atom is -0.508 e. The van der Waals surface area contributed by atoms with E-state index in [1.807, 2.05) is 19.1 Å². The maximum Gasteiger partial charge on any atom is 0.240 e. The third kappa shape index (κ3) is 4.07. The van der Waals surface area contributed by atoms with Crippen LogP contribution in [0.15, 0.2) is 53.4 Å². The Hall–Kier alpha value is -1.89. The van der Waals surface area contributed by atoms with Crippen molar-refractivity contribution >= 4 is 10.0 Å². The van der Waals surface area contributed by atoms with E-state index >= 15 is 0 Å². The van der Waals surface area contributed by atoms with Gasteiger partial charge in [0.05, 0.1) is 4.90 Å². The summed E-state index contributed by atoms with van der Waals surface area (Å²) in [6.45, 7) is 2.55. The van der Waals surface area contributed by atoms with Crippen LogP contribution in [0.1, 0.15) is 24.1 Å². The van der Waals surface area contributed by atoms with Gasteiger partial charge in [-0.2, -0.15) is 0 Å². The molecule has 0 aromatic heterocycles. The van der Waals surface area contributed by atoms with Crippen molar-refractivity contribution < 1.29 is 13.5 Å². The molecule has 22 heavy (non-hydrogen) atoms. The Morgan fingerprint density at radius 2 is 1.86 bits per heavy atom. The van der Waals surface area contributed by atoms with Crippen molar-refractivity contribution in [1.29, 1.82) is 0 Å². The molecule has 0 heterocycles. The molecule has 0 unspecified atom stereocenters. The van der Waals surface area contributed by atoms with Gasteiger partial charge in [0.25, 0.3) is 0 Å². The third-order valence-corrected chi connectivity index (χ3v) is 4.87.